The quantitative estimate of drug-likeness (QED) is 0.360. The summed E-state index contributed by atoms with van der Waals surface area (Å²) in [6.07, 6.45) is 1.34. The van der Waals surface area contributed by atoms with Crippen LogP contribution in [0.2, 0.25) is 5.02 Å². The molecule has 0 aliphatic rings. The predicted molar refractivity (Wildman–Crippen MR) is 69.9 cm³/mol. The molecule has 0 fully saturated rings. The van der Waals surface area contributed by atoms with Gasteiger partial charge in [0.2, 0.25) is 0 Å². The smallest absolute Gasteiger partial charge is 0.164 e. The average molecular weight is 434 g/mol. The van der Waals surface area contributed by atoms with Crippen molar-refractivity contribution in [1.82, 2.24) is 9.97 Å². The van der Waals surface area contributed by atoms with Gasteiger partial charge in [0, 0.05) is 5.39 Å². The summed E-state index contributed by atoms with van der Waals surface area (Å²) in [6.45, 7) is 0. The second-order valence-corrected chi connectivity index (χ2v) is 5.05. The highest BCUT2D eigenvalue weighted by Gasteiger charge is 2.12. The van der Waals surface area contributed by atoms with Crippen LogP contribution in [0.15, 0.2) is 12.4 Å². The van der Waals surface area contributed by atoms with E-state index < -0.39 is 0 Å². The van der Waals surface area contributed by atoms with E-state index in [2.05, 4.69) is 9.97 Å². The number of fused-ring (bicyclic) bond motifs is 1. The zero-order valence-electron chi connectivity index (χ0n) is 6.56. The number of hydrogen-bond acceptors (Lipinski definition) is 2. The van der Waals surface area contributed by atoms with E-state index >= 15 is 0 Å². The van der Waals surface area contributed by atoms with Crippen LogP contribution >= 0.6 is 56.8 Å². The van der Waals surface area contributed by atoms with Crippen LogP contribution in [0.1, 0.15) is 0 Å². The fourth-order valence-corrected chi connectivity index (χ4v) is 2.21. The number of rotatable bonds is 0. The third kappa shape index (κ3) is 1.69. The Hall–Kier alpha value is 0.240. The minimum absolute atomic E-state index is 0.318. The Morgan fingerprint density at radius 3 is 2.71 bits per heavy atom. The lowest BCUT2D eigenvalue weighted by Gasteiger charge is -2.03. The zero-order valence-corrected chi connectivity index (χ0v) is 11.6. The maximum Gasteiger partial charge on any atom is 0.164 e. The molecule has 2 nitrogen and oxygen atoms in total. The molecule has 1 aromatic heterocycles. The van der Waals surface area contributed by atoms with Crippen molar-refractivity contribution in [3.05, 3.63) is 30.5 Å². The molecule has 2 aromatic rings. The van der Waals surface area contributed by atoms with Crippen LogP contribution in [0.4, 0.5) is 4.39 Å². The number of hydrogen-bond donors (Lipinski definition) is 0. The summed E-state index contributed by atoms with van der Waals surface area (Å²) in [5.41, 5.74) is 0.318. The molecule has 1 heterocycles. The first kappa shape index (κ1) is 10.7. The molecule has 0 unspecified atom stereocenters. The number of benzene rings is 1. The van der Waals surface area contributed by atoms with E-state index in [4.69, 9.17) is 11.6 Å². The monoisotopic (exact) mass is 434 g/mol. The molecule has 0 spiro atoms. The molecule has 0 aliphatic heterocycles. The molecule has 72 valence electrons. The van der Waals surface area contributed by atoms with Crippen LogP contribution < -0.4 is 0 Å². The van der Waals surface area contributed by atoms with E-state index in [1.54, 1.807) is 6.07 Å². The third-order valence-corrected chi connectivity index (χ3v) is 4.25. The summed E-state index contributed by atoms with van der Waals surface area (Å²) in [5.74, 6) is -0.381. The van der Waals surface area contributed by atoms with Crippen LogP contribution in [0.3, 0.4) is 0 Å². The third-order valence-electron chi connectivity index (χ3n) is 1.72. The van der Waals surface area contributed by atoms with Gasteiger partial charge in [-0.05, 0) is 51.2 Å². The Labute approximate surface area is 112 Å². The van der Waals surface area contributed by atoms with Crippen LogP contribution in [-0.2, 0) is 0 Å². The summed E-state index contributed by atoms with van der Waals surface area (Å²) in [7, 11) is 0. The maximum absolute atomic E-state index is 13.7. The summed E-state index contributed by atoms with van der Waals surface area (Å²) in [6, 6.07) is 1.68. The topological polar surface area (TPSA) is 25.8 Å². The van der Waals surface area contributed by atoms with Crippen molar-refractivity contribution in [2.24, 2.45) is 0 Å². The molecule has 1 aromatic carbocycles. The Morgan fingerprint density at radius 1 is 1.29 bits per heavy atom. The highest BCUT2D eigenvalue weighted by molar-refractivity contribution is 14.1. The number of aromatic nitrogens is 2. The van der Waals surface area contributed by atoms with Crippen molar-refractivity contribution in [2.75, 3.05) is 0 Å². The van der Waals surface area contributed by atoms with Crippen LogP contribution in [-0.4, -0.2) is 9.97 Å². The predicted octanol–water partition coefficient (Wildman–Crippen LogP) is 3.63. The van der Waals surface area contributed by atoms with Crippen LogP contribution in [0.25, 0.3) is 10.9 Å². The second-order valence-electron chi connectivity index (χ2n) is 2.55. The first-order valence-electron chi connectivity index (χ1n) is 3.55. The zero-order chi connectivity index (χ0) is 10.3. The molecular formula is C8H2ClFI2N2. The molecule has 2 rings (SSSR count). The van der Waals surface area contributed by atoms with E-state index in [1.807, 2.05) is 45.2 Å². The molecule has 0 bridgehead atoms. The van der Waals surface area contributed by atoms with Crippen molar-refractivity contribution in [3.8, 4) is 0 Å². The molecule has 0 aliphatic carbocycles. The molecule has 0 N–H and O–H groups in total. The average Bonchev–Trinajstić information content (AvgIpc) is 2.17. The first-order chi connectivity index (χ1) is 6.61. The van der Waals surface area contributed by atoms with Gasteiger partial charge in [-0.2, -0.15) is 0 Å². The molecule has 0 radical (unpaired) electrons. The largest absolute Gasteiger partial charge is 0.233 e. The summed E-state index contributed by atoms with van der Waals surface area (Å²) in [4.78, 5) is 7.86. The van der Waals surface area contributed by atoms with E-state index in [0.717, 1.165) is 0 Å². The standard InChI is InChI=1S/C8H2ClFI2N2/c9-4-1-3-7(5(10)6(4)11)13-2-14-8(3)12/h1-2H. The van der Waals surface area contributed by atoms with Crippen molar-refractivity contribution in [3.63, 3.8) is 0 Å². The van der Waals surface area contributed by atoms with Gasteiger partial charge in [-0.25, -0.2) is 14.4 Å². The molecule has 0 saturated carbocycles. The first-order valence-corrected chi connectivity index (χ1v) is 6.08. The lowest BCUT2D eigenvalue weighted by atomic mass is 10.2. The highest BCUT2D eigenvalue weighted by atomic mass is 127. The lowest BCUT2D eigenvalue weighted by molar-refractivity contribution is 0.629. The van der Waals surface area contributed by atoms with Gasteiger partial charge in [0.15, 0.2) is 5.82 Å². The van der Waals surface area contributed by atoms with Crippen LogP contribution in [0, 0.1) is 13.1 Å². The van der Waals surface area contributed by atoms with Gasteiger partial charge in [-0.3, -0.25) is 0 Å². The van der Waals surface area contributed by atoms with Gasteiger partial charge in [-0.1, -0.05) is 11.6 Å². The number of nitrogens with zero attached hydrogens (tertiary/aromatic N) is 2. The fraction of sp³-hybridized carbons (Fsp3) is 0. The van der Waals surface area contributed by atoms with Crippen molar-refractivity contribution in [1.29, 1.82) is 0 Å². The van der Waals surface area contributed by atoms with Gasteiger partial charge in [-0.15, -0.1) is 0 Å². The van der Waals surface area contributed by atoms with Crippen molar-refractivity contribution in [2.45, 2.75) is 0 Å². The maximum atomic E-state index is 13.7. The minimum atomic E-state index is -0.381. The molecular weight excluding hydrogens is 432 g/mol. The lowest BCUT2D eigenvalue weighted by Crippen LogP contribution is -1.93. The van der Waals surface area contributed by atoms with Gasteiger partial charge < -0.3 is 0 Å². The second kappa shape index (κ2) is 4.01. The SMILES string of the molecule is Fc1c(I)c(Cl)cc2c(I)ncnc12. The van der Waals surface area contributed by atoms with E-state index in [9.17, 15) is 4.39 Å². The van der Waals surface area contributed by atoms with Gasteiger partial charge in [0.25, 0.3) is 0 Å². The van der Waals surface area contributed by atoms with E-state index in [-0.39, 0.29) is 5.82 Å². The summed E-state index contributed by atoms with van der Waals surface area (Å²) < 4.78 is 14.7. The van der Waals surface area contributed by atoms with Crippen LogP contribution in [0.5, 0.6) is 0 Å². The minimum Gasteiger partial charge on any atom is -0.233 e. The highest BCUT2D eigenvalue weighted by Crippen LogP contribution is 2.29. The molecule has 0 atom stereocenters. The Morgan fingerprint density at radius 2 is 2.00 bits per heavy atom. The number of halogens is 4. The fourth-order valence-electron chi connectivity index (χ4n) is 1.08. The molecule has 14 heavy (non-hydrogen) atoms. The Bertz CT molecular complexity index is 518. The molecule has 6 heteroatoms. The summed E-state index contributed by atoms with van der Waals surface area (Å²) >= 11 is 9.74. The Balaban J connectivity index is 2.98. The summed E-state index contributed by atoms with van der Waals surface area (Å²) in [5, 5.41) is 1.04. The van der Waals surface area contributed by atoms with E-state index in [0.29, 0.717) is 23.2 Å². The van der Waals surface area contributed by atoms with Crippen molar-refractivity contribution < 1.29 is 4.39 Å². The normalized spacial score (nSPS) is 10.9. The van der Waals surface area contributed by atoms with Gasteiger partial charge >= 0.3 is 0 Å². The molecule has 0 saturated heterocycles. The van der Waals surface area contributed by atoms with Gasteiger partial charge in [0.1, 0.15) is 15.5 Å². The Kier molecular flexibility index (Phi) is 3.08. The molecule has 0 amide bonds. The van der Waals surface area contributed by atoms with Crippen molar-refractivity contribution >= 4 is 67.7 Å². The van der Waals surface area contributed by atoms with Gasteiger partial charge in [0.05, 0.1) is 8.59 Å². The van der Waals surface area contributed by atoms with E-state index in [1.165, 1.54) is 6.33 Å².